The number of hydrogen-bond donors (Lipinski definition) is 0. The van der Waals surface area contributed by atoms with Crippen molar-refractivity contribution in [3.63, 3.8) is 0 Å². The molecular weight excluding hydrogens is 338 g/mol. The molecule has 3 heterocycles. The molecule has 4 rings (SSSR count). The molecule has 1 aromatic heterocycles. The molecule has 0 aliphatic carbocycles. The topological polar surface area (TPSA) is 54.9 Å². The minimum Gasteiger partial charge on any atom is -0.378 e. The zero-order chi connectivity index (χ0) is 17.2. The van der Waals surface area contributed by atoms with Crippen LogP contribution in [0.3, 0.4) is 0 Å². The number of thiazole rings is 1. The summed E-state index contributed by atoms with van der Waals surface area (Å²) in [6.45, 7) is 6.58. The van der Waals surface area contributed by atoms with Crippen LogP contribution in [0.25, 0.3) is 10.2 Å². The molecule has 6 nitrogen and oxygen atoms in total. The molecule has 1 amide bonds. The Bertz CT molecular complexity index is 757. The molecule has 0 saturated carbocycles. The summed E-state index contributed by atoms with van der Waals surface area (Å²) in [7, 11) is 0. The lowest BCUT2D eigenvalue weighted by Gasteiger charge is -2.36. The SMILES string of the molecule is CCc1ccc2nc(N3CCOC(C(=O)N4CCOCC4)C3)sc2c1. The maximum absolute atomic E-state index is 12.7. The van der Waals surface area contributed by atoms with Crippen LogP contribution < -0.4 is 4.90 Å². The van der Waals surface area contributed by atoms with E-state index in [-0.39, 0.29) is 5.91 Å². The fraction of sp³-hybridized carbons (Fsp3) is 0.556. The first-order valence-electron chi connectivity index (χ1n) is 8.87. The van der Waals surface area contributed by atoms with Crippen molar-refractivity contribution >= 4 is 32.6 Å². The Kier molecular flexibility index (Phi) is 4.87. The third-order valence-electron chi connectivity index (χ3n) is 4.78. The van der Waals surface area contributed by atoms with E-state index in [1.54, 1.807) is 11.3 Å². The first-order chi connectivity index (χ1) is 12.2. The largest absolute Gasteiger partial charge is 0.378 e. The van der Waals surface area contributed by atoms with Crippen LogP contribution in [0.15, 0.2) is 18.2 Å². The van der Waals surface area contributed by atoms with E-state index in [0.29, 0.717) is 39.5 Å². The number of morpholine rings is 2. The van der Waals surface area contributed by atoms with Gasteiger partial charge in [-0.05, 0) is 24.1 Å². The summed E-state index contributed by atoms with van der Waals surface area (Å²) < 4.78 is 12.3. The van der Waals surface area contributed by atoms with E-state index in [1.165, 1.54) is 10.3 Å². The number of anilines is 1. The average Bonchev–Trinajstić information content (AvgIpc) is 3.11. The maximum atomic E-state index is 12.7. The molecule has 25 heavy (non-hydrogen) atoms. The lowest BCUT2D eigenvalue weighted by Crippen LogP contribution is -2.53. The van der Waals surface area contributed by atoms with Crippen molar-refractivity contribution in [2.75, 3.05) is 50.9 Å². The van der Waals surface area contributed by atoms with Crippen LogP contribution in [0.2, 0.25) is 0 Å². The number of aromatic nitrogens is 1. The number of aryl methyl sites for hydroxylation is 1. The fourth-order valence-corrected chi connectivity index (χ4v) is 4.34. The molecule has 1 unspecified atom stereocenters. The highest BCUT2D eigenvalue weighted by atomic mass is 32.1. The summed E-state index contributed by atoms with van der Waals surface area (Å²) in [6, 6.07) is 6.44. The smallest absolute Gasteiger partial charge is 0.253 e. The number of carbonyl (C=O) groups excluding carboxylic acids is 1. The maximum Gasteiger partial charge on any atom is 0.253 e. The summed E-state index contributed by atoms with van der Waals surface area (Å²) in [5.74, 6) is 0.0716. The molecule has 0 bridgehead atoms. The van der Waals surface area contributed by atoms with Gasteiger partial charge in [0, 0.05) is 19.6 Å². The third-order valence-corrected chi connectivity index (χ3v) is 5.86. The van der Waals surface area contributed by atoms with Gasteiger partial charge in [-0.25, -0.2) is 4.98 Å². The van der Waals surface area contributed by atoms with Crippen LogP contribution in [0.4, 0.5) is 5.13 Å². The molecule has 7 heteroatoms. The Morgan fingerprint density at radius 2 is 2.12 bits per heavy atom. The van der Waals surface area contributed by atoms with Gasteiger partial charge in [-0.3, -0.25) is 4.79 Å². The average molecular weight is 361 g/mol. The van der Waals surface area contributed by atoms with Crippen LogP contribution in [0.5, 0.6) is 0 Å². The Morgan fingerprint density at radius 1 is 1.28 bits per heavy atom. The number of hydrogen-bond acceptors (Lipinski definition) is 6. The summed E-state index contributed by atoms with van der Waals surface area (Å²) >= 11 is 1.70. The molecule has 0 radical (unpaired) electrons. The zero-order valence-corrected chi connectivity index (χ0v) is 15.3. The zero-order valence-electron chi connectivity index (χ0n) is 14.4. The lowest BCUT2D eigenvalue weighted by molar-refractivity contribution is -0.148. The van der Waals surface area contributed by atoms with Crippen molar-refractivity contribution in [2.45, 2.75) is 19.4 Å². The van der Waals surface area contributed by atoms with Gasteiger partial charge in [0.25, 0.3) is 5.91 Å². The van der Waals surface area contributed by atoms with E-state index in [1.807, 2.05) is 4.90 Å². The molecule has 2 saturated heterocycles. The first-order valence-corrected chi connectivity index (χ1v) is 9.69. The summed E-state index contributed by atoms with van der Waals surface area (Å²) in [6.07, 6.45) is 0.613. The summed E-state index contributed by atoms with van der Waals surface area (Å²) in [5, 5.41) is 0.978. The monoisotopic (exact) mass is 361 g/mol. The predicted octanol–water partition coefficient (Wildman–Crippen LogP) is 1.92. The lowest BCUT2D eigenvalue weighted by atomic mass is 10.2. The van der Waals surface area contributed by atoms with Crippen molar-refractivity contribution in [3.05, 3.63) is 23.8 Å². The van der Waals surface area contributed by atoms with E-state index in [4.69, 9.17) is 14.5 Å². The molecule has 2 aliphatic rings. The number of amides is 1. The first kappa shape index (κ1) is 16.8. The van der Waals surface area contributed by atoms with Crippen molar-refractivity contribution in [1.29, 1.82) is 0 Å². The minimum atomic E-state index is -0.412. The van der Waals surface area contributed by atoms with E-state index >= 15 is 0 Å². The van der Waals surface area contributed by atoms with Gasteiger partial charge in [0.05, 0.1) is 36.6 Å². The number of fused-ring (bicyclic) bond motifs is 1. The van der Waals surface area contributed by atoms with Crippen LogP contribution in [-0.2, 0) is 20.7 Å². The van der Waals surface area contributed by atoms with Gasteiger partial charge in [0.1, 0.15) is 0 Å². The Hall–Kier alpha value is -1.70. The van der Waals surface area contributed by atoms with Gasteiger partial charge >= 0.3 is 0 Å². The molecular formula is C18H23N3O3S. The number of nitrogens with zero attached hydrogens (tertiary/aromatic N) is 3. The Morgan fingerprint density at radius 3 is 2.92 bits per heavy atom. The van der Waals surface area contributed by atoms with Crippen molar-refractivity contribution in [2.24, 2.45) is 0 Å². The number of rotatable bonds is 3. The van der Waals surface area contributed by atoms with E-state index in [0.717, 1.165) is 23.6 Å². The quantitative estimate of drug-likeness (QED) is 0.836. The van der Waals surface area contributed by atoms with E-state index in [2.05, 4.69) is 30.0 Å². The highest BCUT2D eigenvalue weighted by molar-refractivity contribution is 7.22. The van der Waals surface area contributed by atoms with Crippen molar-refractivity contribution < 1.29 is 14.3 Å². The van der Waals surface area contributed by atoms with Crippen molar-refractivity contribution in [1.82, 2.24) is 9.88 Å². The molecule has 2 aromatic rings. The summed E-state index contributed by atoms with van der Waals surface area (Å²) in [5.41, 5.74) is 2.35. The third kappa shape index (κ3) is 3.49. The van der Waals surface area contributed by atoms with E-state index < -0.39 is 6.10 Å². The second-order valence-corrected chi connectivity index (χ2v) is 7.40. The van der Waals surface area contributed by atoms with Crippen LogP contribution in [0, 0.1) is 0 Å². The minimum absolute atomic E-state index is 0.0716. The van der Waals surface area contributed by atoms with Crippen LogP contribution >= 0.6 is 11.3 Å². The van der Waals surface area contributed by atoms with Gasteiger partial charge in [-0.2, -0.15) is 0 Å². The number of carbonyl (C=O) groups is 1. The second kappa shape index (κ2) is 7.27. The molecule has 1 aromatic carbocycles. The molecule has 2 fully saturated rings. The van der Waals surface area contributed by atoms with Gasteiger partial charge in [-0.15, -0.1) is 0 Å². The van der Waals surface area contributed by atoms with Crippen LogP contribution in [0.1, 0.15) is 12.5 Å². The summed E-state index contributed by atoms with van der Waals surface area (Å²) in [4.78, 5) is 21.5. The van der Waals surface area contributed by atoms with E-state index in [9.17, 15) is 4.79 Å². The van der Waals surface area contributed by atoms with Gasteiger partial charge < -0.3 is 19.3 Å². The second-order valence-electron chi connectivity index (χ2n) is 6.40. The normalized spacial score (nSPS) is 21.7. The van der Waals surface area contributed by atoms with Crippen LogP contribution in [-0.4, -0.2) is 67.9 Å². The van der Waals surface area contributed by atoms with Gasteiger partial charge in [0.2, 0.25) is 0 Å². The van der Waals surface area contributed by atoms with Gasteiger partial charge in [0.15, 0.2) is 11.2 Å². The predicted molar refractivity (Wildman–Crippen MR) is 98.4 cm³/mol. The Labute approximate surface area is 151 Å². The Balaban J connectivity index is 1.49. The molecule has 1 atom stereocenters. The van der Waals surface area contributed by atoms with Crippen molar-refractivity contribution in [3.8, 4) is 0 Å². The number of ether oxygens (including phenoxy) is 2. The molecule has 2 aliphatic heterocycles. The number of benzene rings is 1. The molecule has 0 spiro atoms. The highest BCUT2D eigenvalue weighted by Crippen LogP contribution is 2.30. The molecule has 0 N–H and O–H groups in total. The highest BCUT2D eigenvalue weighted by Gasteiger charge is 2.32. The molecule has 134 valence electrons. The van der Waals surface area contributed by atoms with Gasteiger partial charge in [-0.1, -0.05) is 24.3 Å². The fourth-order valence-electron chi connectivity index (χ4n) is 3.27. The standard InChI is InChI=1S/C18H23N3O3S/c1-2-13-3-4-14-16(11-13)25-18(19-14)21-7-10-24-15(12-21)17(22)20-5-8-23-9-6-20/h3-4,11,15H,2,5-10,12H2,1H3.